The fraction of sp³-hybridized carbons (Fsp3) is 0.129. The fourth-order valence-electron chi connectivity index (χ4n) is 3.60. The van der Waals surface area contributed by atoms with Gasteiger partial charge in [-0.3, -0.25) is 9.59 Å². The van der Waals surface area contributed by atoms with Gasteiger partial charge in [0.25, 0.3) is 11.8 Å². The molecule has 0 radical (unpaired) electrons. The van der Waals surface area contributed by atoms with E-state index in [-0.39, 0.29) is 12.5 Å². The van der Waals surface area contributed by atoms with Crippen molar-refractivity contribution in [3.8, 4) is 17.2 Å². The van der Waals surface area contributed by atoms with Crippen molar-refractivity contribution >= 4 is 46.9 Å². The Hall–Kier alpha value is -4.53. The van der Waals surface area contributed by atoms with Crippen molar-refractivity contribution in [2.24, 2.45) is 5.10 Å². The molecule has 0 saturated carbocycles. The number of nitrogens with zero attached hydrogens (tertiary/aromatic N) is 1. The van der Waals surface area contributed by atoms with Crippen LogP contribution in [0.5, 0.6) is 17.2 Å². The lowest BCUT2D eigenvalue weighted by Crippen LogP contribution is -2.20. The van der Waals surface area contributed by atoms with Gasteiger partial charge in [0.1, 0.15) is 12.4 Å². The number of carbonyl (C=O) groups is 2. The lowest BCUT2D eigenvalue weighted by atomic mass is 10.2. The van der Waals surface area contributed by atoms with Crippen LogP contribution in [-0.4, -0.2) is 31.2 Å². The highest BCUT2D eigenvalue weighted by Gasteiger charge is 2.10. The maximum absolute atomic E-state index is 12.5. The average molecular weight is 592 g/mol. The molecule has 0 saturated heterocycles. The van der Waals surface area contributed by atoms with E-state index in [0.29, 0.717) is 57.3 Å². The van der Waals surface area contributed by atoms with Gasteiger partial charge < -0.3 is 19.5 Å². The highest BCUT2D eigenvalue weighted by atomic mass is 35.5. The molecular formula is C31H27Cl2N3O5. The van der Waals surface area contributed by atoms with Crippen molar-refractivity contribution in [2.75, 3.05) is 18.5 Å². The minimum absolute atomic E-state index is 0.208. The van der Waals surface area contributed by atoms with E-state index >= 15 is 0 Å². The molecule has 4 rings (SSSR count). The molecule has 4 aromatic rings. The molecule has 4 aromatic carbocycles. The molecule has 0 aliphatic carbocycles. The highest BCUT2D eigenvalue weighted by Crippen LogP contribution is 2.29. The number of para-hydroxylation sites is 1. The van der Waals surface area contributed by atoms with E-state index < -0.39 is 5.91 Å². The van der Waals surface area contributed by atoms with Gasteiger partial charge >= 0.3 is 0 Å². The SMILES string of the molecule is CCOc1cc(/C=N\NC(=O)c2ccc(NC(=O)COc3ccccc3Cl)cc2)ccc1OCc1ccccc1Cl. The highest BCUT2D eigenvalue weighted by molar-refractivity contribution is 6.32. The van der Waals surface area contributed by atoms with Crippen LogP contribution < -0.4 is 25.0 Å². The lowest BCUT2D eigenvalue weighted by Gasteiger charge is -2.13. The number of ether oxygens (including phenoxy) is 3. The number of carbonyl (C=O) groups excluding carboxylic acids is 2. The summed E-state index contributed by atoms with van der Waals surface area (Å²) in [5.41, 5.74) is 4.94. The zero-order valence-electron chi connectivity index (χ0n) is 22.1. The minimum Gasteiger partial charge on any atom is -0.490 e. The summed E-state index contributed by atoms with van der Waals surface area (Å²) in [4.78, 5) is 24.7. The molecule has 0 atom stereocenters. The zero-order valence-corrected chi connectivity index (χ0v) is 23.6. The van der Waals surface area contributed by atoms with Gasteiger partial charge in [0, 0.05) is 21.8 Å². The summed E-state index contributed by atoms with van der Waals surface area (Å²) < 4.78 is 17.1. The van der Waals surface area contributed by atoms with Crippen LogP contribution in [0.4, 0.5) is 5.69 Å². The monoisotopic (exact) mass is 591 g/mol. The molecule has 0 spiro atoms. The molecule has 0 bridgehead atoms. The van der Waals surface area contributed by atoms with Crippen molar-refractivity contribution in [3.63, 3.8) is 0 Å². The first-order chi connectivity index (χ1) is 19.9. The largest absolute Gasteiger partial charge is 0.490 e. The zero-order chi connectivity index (χ0) is 29.0. The van der Waals surface area contributed by atoms with E-state index in [0.717, 1.165) is 5.56 Å². The third kappa shape index (κ3) is 8.73. The normalized spacial score (nSPS) is 10.7. The maximum Gasteiger partial charge on any atom is 0.271 e. The van der Waals surface area contributed by atoms with Crippen LogP contribution in [0, 0.1) is 0 Å². The fourth-order valence-corrected chi connectivity index (χ4v) is 3.98. The van der Waals surface area contributed by atoms with E-state index in [1.54, 1.807) is 66.7 Å². The number of benzene rings is 4. The molecule has 0 heterocycles. The number of anilines is 1. The predicted octanol–water partition coefficient (Wildman–Crippen LogP) is 6.75. The van der Waals surface area contributed by atoms with Crippen molar-refractivity contribution in [2.45, 2.75) is 13.5 Å². The van der Waals surface area contributed by atoms with E-state index in [1.165, 1.54) is 6.21 Å². The van der Waals surface area contributed by atoms with Gasteiger partial charge in [0.05, 0.1) is 17.8 Å². The second kappa shape index (κ2) is 14.7. The van der Waals surface area contributed by atoms with Gasteiger partial charge in [-0.1, -0.05) is 53.5 Å². The summed E-state index contributed by atoms with van der Waals surface area (Å²) in [6.45, 7) is 2.41. The number of nitrogens with one attached hydrogen (secondary N) is 2. The Morgan fingerprint density at radius 3 is 2.27 bits per heavy atom. The minimum atomic E-state index is -0.411. The van der Waals surface area contributed by atoms with Gasteiger partial charge in [-0.2, -0.15) is 5.10 Å². The second-order valence-electron chi connectivity index (χ2n) is 8.56. The molecule has 0 aromatic heterocycles. The van der Waals surface area contributed by atoms with Crippen LogP contribution in [0.15, 0.2) is 96.1 Å². The number of rotatable bonds is 12. The number of halogens is 2. The van der Waals surface area contributed by atoms with Gasteiger partial charge in [-0.25, -0.2) is 5.43 Å². The standard InChI is InChI=1S/C31H27Cl2N3O5/c1-2-39-29-17-21(11-16-28(29)40-19-23-7-3-4-8-25(23)32)18-34-36-31(38)22-12-14-24(15-13-22)35-30(37)20-41-27-10-6-5-9-26(27)33/h3-18H,2,19-20H2,1H3,(H,35,37)(H,36,38)/b34-18-. The number of hydrogen-bond donors (Lipinski definition) is 2. The molecule has 0 fully saturated rings. The van der Waals surface area contributed by atoms with Crippen molar-refractivity contribution in [1.82, 2.24) is 5.43 Å². The van der Waals surface area contributed by atoms with E-state index in [9.17, 15) is 9.59 Å². The molecule has 8 nitrogen and oxygen atoms in total. The first kappa shape index (κ1) is 29.5. The van der Waals surface area contributed by atoms with Crippen molar-refractivity contribution in [1.29, 1.82) is 0 Å². The third-order valence-electron chi connectivity index (χ3n) is 5.61. The van der Waals surface area contributed by atoms with Gasteiger partial charge in [0.2, 0.25) is 0 Å². The van der Waals surface area contributed by atoms with E-state index in [4.69, 9.17) is 37.4 Å². The smallest absolute Gasteiger partial charge is 0.271 e. The van der Waals surface area contributed by atoms with Gasteiger partial charge in [-0.05, 0) is 73.2 Å². The number of amides is 2. The topological polar surface area (TPSA) is 98.2 Å². The van der Waals surface area contributed by atoms with E-state index in [2.05, 4.69) is 15.8 Å². The summed E-state index contributed by atoms with van der Waals surface area (Å²) in [6, 6.07) is 26.1. The quantitative estimate of drug-likeness (QED) is 0.140. The Morgan fingerprint density at radius 1 is 0.805 bits per heavy atom. The van der Waals surface area contributed by atoms with Gasteiger partial charge in [0.15, 0.2) is 18.1 Å². The lowest BCUT2D eigenvalue weighted by molar-refractivity contribution is -0.118. The molecular weight excluding hydrogens is 565 g/mol. The maximum atomic E-state index is 12.5. The Bertz CT molecular complexity index is 1530. The van der Waals surface area contributed by atoms with Crippen LogP contribution in [0.25, 0.3) is 0 Å². The molecule has 2 amide bonds. The average Bonchev–Trinajstić information content (AvgIpc) is 2.97. The van der Waals surface area contributed by atoms with Crippen LogP contribution in [-0.2, 0) is 11.4 Å². The van der Waals surface area contributed by atoms with Crippen LogP contribution >= 0.6 is 23.2 Å². The molecule has 210 valence electrons. The van der Waals surface area contributed by atoms with Crippen molar-refractivity contribution < 1.29 is 23.8 Å². The summed E-state index contributed by atoms with van der Waals surface area (Å²) >= 11 is 12.2. The summed E-state index contributed by atoms with van der Waals surface area (Å²) in [7, 11) is 0. The molecule has 0 aliphatic heterocycles. The Balaban J connectivity index is 1.29. The summed E-state index contributed by atoms with van der Waals surface area (Å²) in [5, 5.41) is 7.80. The van der Waals surface area contributed by atoms with Crippen molar-refractivity contribution in [3.05, 3.63) is 118 Å². The Morgan fingerprint density at radius 2 is 1.54 bits per heavy atom. The first-order valence-corrected chi connectivity index (χ1v) is 13.4. The molecule has 10 heteroatoms. The number of hydrogen-bond acceptors (Lipinski definition) is 6. The molecule has 41 heavy (non-hydrogen) atoms. The molecule has 2 N–H and O–H groups in total. The summed E-state index contributed by atoms with van der Waals surface area (Å²) in [6.07, 6.45) is 1.51. The summed E-state index contributed by atoms with van der Waals surface area (Å²) in [5.74, 6) is 0.758. The Labute approximate surface area is 247 Å². The van der Waals surface area contributed by atoms with Gasteiger partial charge in [-0.15, -0.1) is 0 Å². The Kier molecular flexibility index (Phi) is 10.6. The third-order valence-corrected chi connectivity index (χ3v) is 6.30. The molecule has 0 unspecified atom stereocenters. The molecule has 0 aliphatic rings. The van der Waals surface area contributed by atoms with Crippen LogP contribution in [0.3, 0.4) is 0 Å². The number of hydrazone groups is 1. The van der Waals surface area contributed by atoms with Crippen LogP contribution in [0.1, 0.15) is 28.4 Å². The first-order valence-electron chi connectivity index (χ1n) is 12.7. The second-order valence-corrected chi connectivity index (χ2v) is 9.38. The van der Waals surface area contributed by atoms with E-state index in [1.807, 2.05) is 31.2 Å². The predicted molar refractivity (Wildman–Crippen MR) is 160 cm³/mol. The van der Waals surface area contributed by atoms with Crippen LogP contribution in [0.2, 0.25) is 10.0 Å².